The fourth-order valence-electron chi connectivity index (χ4n) is 4.55. The molecule has 218 valence electrons. The first-order chi connectivity index (χ1) is 20.4. The van der Waals surface area contributed by atoms with E-state index in [0.29, 0.717) is 11.1 Å². The van der Waals surface area contributed by atoms with E-state index in [0.717, 1.165) is 0 Å². The number of amides is 2. The molecule has 2 amide bonds. The summed E-state index contributed by atoms with van der Waals surface area (Å²) < 4.78 is 24.6. The van der Waals surface area contributed by atoms with E-state index < -0.39 is 36.5 Å². The quantitative estimate of drug-likeness (QED) is 0.283. The lowest BCUT2D eigenvalue weighted by Crippen LogP contribution is -2.41. The van der Waals surface area contributed by atoms with Crippen molar-refractivity contribution in [2.45, 2.75) is 37.4 Å². The summed E-state index contributed by atoms with van der Waals surface area (Å²) >= 11 is 0. The van der Waals surface area contributed by atoms with E-state index in [4.69, 9.17) is 24.4 Å². The zero-order valence-electron chi connectivity index (χ0n) is 22.4. The van der Waals surface area contributed by atoms with Gasteiger partial charge in [0.25, 0.3) is 11.8 Å². The normalized spacial score (nSPS) is 20.0. The van der Waals surface area contributed by atoms with Gasteiger partial charge in [-0.2, -0.15) is 4.98 Å². The Morgan fingerprint density at radius 2 is 1.45 bits per heavy atom. The van der Waals surface area contributed by atoms with E-state index in [2.05, 4.69) is 15.6 Å². The number of fused-ring (bicyclic) bond motifs is 3. The largest absolute Gasteiger partial charge is 0.463 e. The molecule has 2 aromatic carbocycles. The zero-order valence-corrected chi connectivity index (χ0v) is 22.4. The van der Waals surface area contributed by atoms with Crippen molar-refractivity contribution >= 4 is 23.8 Å². The maximum atomic E-state index is 12.8. The molecule has 0 radical (unpaired) electrons. The molecule has 0 aliphatic carbocycles. The summed E-state index contributed by atoms with van der Waals surface area (Å²) in [6.07, 6.45) is -1.95. The Labute approximate surface area is 240 Å². The van der Waals surface area contributed by atoms with E-state index in [1.165, 1.54) is 6.07 Å². The van der Waals surface area contributed by atoms with Crippen LogP contribution in [0.25, 0.3) is 0 Å². The molecule has 13 nitrogen and oxygen atoms in total. The van der Waals surface area contributed by atoms with Crippen LogP contribution >= 0.6 is 0 Å². The van der Waals surface area contributed by atoms with Crippen molar-refractivity contribution in [3.8, 4) is 6.01 Å². The van der Waals surface area contributed by atoms with Crippen molar-refractivity contribution < 1.29 is 38.1 Å². The van der Waals surface area contributed by atoms with Crippen molar-refractivity contribution in [2.24, 2.45) is 0 Å². The first kappa shape index (κ1) is 28.5. The van der Waals surface area contributed by atoms with Crippen molar-refractivity contribution in [3.63, 3.8) is 0 Å². The number of hydrogen-bond donors (Lipinski definition) is 3. The number of hydrogen-bond acceptors (Lipinski definition) is 10. The highest BCUT2D eigenvalue weighted by atomic mass is 16.7. The first-order valence-corrected chi connectivity index (χ1v) is 13.4. The summed E-state index contributed by atoms with van der Waals surface area (Å²) in [6, 6.07) is 18.8. The fraction of sp³-hybridized carbons (Fsp3) is 0.310. The lowest BCUT2D eigenvalue weighted by Gasteiger charge is -2.22. The van der Waals surface area contributed by atoms with Crippen LogP contribution < -0.4 is 20.9 Å². The van der Waals surface area contributed by atoms with Gasteiger partial charge in [0, 0.05) is 30.4 Å². The third-order valence-corrected chi connectivity index (χ3v) is 6.61. The molecular formula is C29H29N5O8. The number of nitrogens with one attached hydrogen (secondary N) is 3. The number of nitrogens with zero attached hydrogens (tertiary/aromatic N) is 2. The highest BCUT2D eigenvalue weighted by molar-refractivity contribution is 5.94. The van der Waals surface area contributed by atoms with E-state index in [1.54, 1.807) is 71.4 Å². The van der Waals surface area contributed by atoms with Crippen molar-refractivity contribution in [2.75, 3.05) is 19.7 Å². The van der Waals surface area contributed by atoms with Gasteiger partial charge in [-0.15, -0.1) is 0 Å². The molecule has 1 fully saturated rings. The highest BCUT2D eigenvalue weighted by Crippen LogP contribution is 2.40. The minimum atomic E-state index is -0.964. The van der Waals surface area contributed by atoms with Gasteiger partial charge in [0.2, 0.25) is 0 Å². The molecule has 0 bridgehead atoms. The fourth-order valence-corrected chi connectivity index (χ4v) is 4.55. The van der Waals surface area contributed by atoms with Gasteiger partial charge in [0.05, 0.1) is 12.8 Å². The molecule has 2 aliphatic rings. The molecular weight excluding hydrogens is 546 g/mol. The van der Waals surface area contributed by atoms with E-state index >= 15 is 0 Å². The second-order valence-corrected chi connectivity index (χ2v) is 9.53. The molecule has 1 aromatic heterocycles. The number of esters is 2. The lowest BCUT2D eigenvalue weighted by molar-refractivity contribution is -0.160. The number of benzene rings is 2. The minimum absolute atomic E-state index is 0.00578. The molecule has 3 aromatic rings. The Morgan fingerprint density at radius 3 is 2.07 bits per heavy atom. The third kappa shape index (κ3) is 6.81. The molecule has 2 aliphatic heterocycles. The molecule has 3 N–H and O–H groups in total. The van der Waals surface area contributed by atoms with Gasteiger partial charge in [0.1, 0.15) is 12.7 Å². The summed E-state index contributed by atoms with van der Waals surface area (Å²) in [5, 5.41) is 13.1. The molecule has 1 saturated heterocycles. The van der Waals surface area contributed by atoms with Crippen molar-refractivity contribution in [3.05, 3.63) is 89.5 Å². The van der Waals surface area contributed by atoms with E-state index in [-0.39, 0.29) is 55.9 Å². The minimum Gasteiger partial charge on any atom is -0.463 e. The Balaban J connectivity index is 1.15. The Bertz CT molecular complexity index is 1500. The smallest absolute Gasteiger partial charge is 0.308 e. The molecule has 3 heterocycles. The van der Waals surface area contributed by atoms with Crippen LogP contribution in [-0.2, 0) is 23.8 Å². The maximum Gasteiger partial charge on any atom is 0.308 e. The first-order valence-electron chi connectivity index (χ1n) is 13.4. The molecule has 0 saturated carbocycles. The second-order valence-electron chi connectivity index (χ2n) is 9.53. The predicted octanol–water partition coefficient (Wildman–Crippen LogP) is 1.12. The Hall–Kier alpha value is -5.04. The number of ether oxygens (including phenoxy) is 4. The molecule has 42 heavy (non-hydrogen) atoms. The third-order valence-electron chi connectivity index (χ3n) is 6.61. The van der Waals surface area contributed by atoms with Crippen LogP contribution in [0.15, 0.2) is 72.9 Å². The summed E-state index contributed by atoms with van der Waals surface area (Å²) in [4.78, 5) is 53.6. The van der Waals surface area contributed by atoms with Crippen molar-refractivity contribution in [1.29, 1.82) is 5.41 Å². The summed E-state index contributed by atoms with van der Waals surface area (Å²) in [5.41, 5.74) is 0.939. The lowest BCUT2D eigenvalue weighted by atomic mass is 10.1. The molecule has 5 rings (SSSR count). The van der Waals surface area contributed by atoms with Gasteiger partial charge in [-0.05, 0) is 30.3 Å². The number of carbonyl (C=O) groups excluding carboxylic acids is 4. The Morgan fingerprint density at radius 1 is 0.857 bits per heavy atom. The van der Waals surface area contributed by atoms with E-state index in [1.807, 2.05) is 0 Å². The average molecular weight is 576 g/mol. The van der Waals surface area contributed by atoms with Crippen LogP contribution in [0, 0.1) is 5.41 Å². The van der Waals surface area contributed by atoms with Gasteiger partial charge in [-0.25, -0.2) is 0 Å². The zero-order chi connectivity index (χ0) is 29.5. The molecule has 4 atom stereocenters. The number of rotatable bonds is 11. The van der Waals surface area contributed by atoms with Gasteiger partial charge in [-0.1, -0.05) is 36.4 Å². The number of carbonyl (C=O) groups is 4. The van der Waals surface area contributed by atoms with Gasteiger partial charge in [-0.3, -0.25) is 29.2 Å². The molecule has 13 heteroatoms. The SMILES string of the molecule is N=c1ccn2c(n1)O[C@@H]1[C@H](OC(=O)CCNC(=O)c3ccccc3)[C@@H](COC(=O)CCNC(=O)c3ccccc3)O[C@H]12. The van der Waals surface area contributed by atoms with E-state index in [9.17, 15) is 19.2 Å². The topological polar surface area (TPSA) is 171 Å². The second kappa shape index (κ2) is 13.1. The van der Waals surface area contributed by atoms with Gasteiger partial charge < -0.3 is 29.6 Å². The maximum absolute atomic E-state index is 12.8. The summed E-state index contributed by atoms with van der Waals surface area (Å²) in [7, 11) is 0. The predicted molar refractivity (Wildman–Crippen MR) is 144 cm³/mol. The molecule has 0 unspecified atom stereocenters. The Kier molecular flexibility index (Phi) is 8.87. The summed E-state index contributed by atoms with van der Waals surface area (Å²) in [5.74, 6) is -1.82. The summed E-state index contributed by atoms with van der Waals surface area (Å²) in [6.45, 7) is -0.115. The van der Waals surface area contributed by atoms with Crippen LogP contribution in [-0.4, -0.2) is 71.3 Å². The van der Waals surface area contributed by atoms with Crippen LogP contribution in [0.4, 0.5) is 0 Å². The van der Waals surface area contributed by atoms with Crippen LogP contribution in [0.2, 0.25) is 0 Å². The average Bonchev–Trinajstić information content (AvgIpc) is 3.52. The number of aromatic nitrogens is 2. The standard InChI is InChI=1S/C29H29N5O8/c30-21-13-16-34-28-25(42-29(34)33-21)24(41-23(36)12-15-32-27(38)19-9-5-2-6-10-19)20(40-28)17-39-22(35)11-14-31-26(37)18-7-3-1-4-8-18/h1-10,13,16,20,24-25,28,30H,11-12,14-15,17H2,(H,31,37)(H,32,38)/t20-,24-,25-,28-/m1/s1. The van der Waals surface area contributed by atoms with Gasteiger partial charge >= 0.3 is 17.9 Å². The van der Waals surface area contributed by atoms with Crippen LogP contribution in [0.1, 0.15) is 39.8 Å². The molecule has 0 spiro atoms. The van der Waals surface area contributed by atoms with Crippen LogP contribution in [0.5, 0.6) is 6.01 Å². The monoisotopic (exact) mass is 575 g/mol. The van der Waals surface area contributed by atoms with Gasteiger partial charge in [0.15, 0.2) is 23.9 Å². The van der Waals surface area contributed by atoms with Crippen LogP contribution in [0.3, 0.4) is 0 Å². The highest BCUT2D eigenvalue weighted by Gasteiger charge is 2.54. The van der Waals surface area contributed by atoms with Crippen molar-refractivity contribution in [1.82, 2.24) is 20.2 Å².